The molecule has 0 atom stereocenters. The summed E-state index contributed by atoms with van der Waals surface area (Å²) >= 11 is 1.48. The Bertz CT molecular complexity index is 1230. The standard InChI is InChI=1S/C20H20N4O2S/c1-4-24-12(2)7-14-9-15(5-6-17(14)24)22-18(25)10-23-11-21-19-16(20(23)26)8-13(3)27-19/h5-9,11H,4,10H2,1-3H3,(H,22,25). The van der Waals surface area contributed by atoms with Crippen LogP contribution in [0.1, 0.15) is 17.5 Å². The van der Waals surface area contributed by atoms with Gasteiger partial charge in [-0.05, 0) is 51.1 Å². The zero-order valence-corrected chi connectivity index (χ0v) is 16.3. The first-order chi connectivity index (χ1) is 13.0. The van der Waals surface area contributed by atoms with E-state index in [-0.39, 0.29) is 18.0 Å². The molecule has 3 aromatic heterocycles. The Labute approximate surface area is 160 Å². The molecule has 3 heterocycles. The van der Waals surface area contributed by atoms with E-state index in [0.29, 0.717) is 15.9 Å². The van der Waals surface area contributed by atoms with Crippen molar-refractivity contribution in [1.29, 1.82) is 0 Å². The molecule has 1 N–H and O–H groups in total. The second-order valence-corrected chi connectivity index (χ2v) is 7.84. The van der Waals surface area contributed by atoms with Gasteiger partial charge in [0.25, 0.3) is 5.56 Å². The largest absolute Gasteiger partial charge is 0.345 e. The number of nitrogens with one attached hydrogen (secondary N) is 1. The summed E-state index contributed by atoms with van der Waals surface area (Å²) in [6.07, 6.45) is 1.44. The van der Waals surface area contributed by atoms with E-state index in [0.717, 1.165) is 22.3 Å². The third-order valence-electron chi connectivity index (χ3n) is 4.66. The minimum absolute atomic E-state index is 0.0658. The summed E-state index contributed by atoms with van der Waals surface area (Å²) in [6.45, 7) is 6.96. The summed E-state index contributed by atoms with van der Waals surface area (Å²) in [5, 5.41) is 4.52. The Balaban J connectivity index is 1.57. The van der Waals surface area contributed by atoms with Gasteiger partial charge in [-0.1, -0.05) is 0 Å². The summed E-state index contributed by atoms with van der Waals surface area (Å²) in [4.78, 5) is 31.0. The number of nitrogens with zero attached hydrogens (tertiary/aromatic N) is 3. The highest BCUT2D eigenvalue weighted by molar-refractivity contribution is 7.18. The van der Waals surface area contributed by atoms with E-state index in [1.165, 1.54) is 27.9 Å². The topological polar surface area (TPSA) is 68.9 Å². The summed E-state index contributed by atoms with van der Waals surface area (Å²) in [5.41, 5.74) is 2.86. The number of aromatic nitrogens is 3. The first kappa shape index (κ1) is 17.5. The van der Waals surface area contributed by atoms with E-state index in [1.807, 2.05) is 31.2 Å². The molecular formula is C20H20N4O2S. The Kier molecular flexibility index (Phi) is 4.31. The van der Waals surface area contributed by atoms with Crippen molar-refractivity contribution in [3.05, 3.63) is 57.6 Å². The smallest absolute Gasteiger partial charge is 0.262 e. The Morgan fingerprint density at radius 3 is 2.81 bits per heavy atom. The highest BCUT2D eigenvalue weighted by Gasteiger charge is 2.11. The average Bonchev–Trinajstić information content (AvgIpc) is 3.15. The molecule has 0 spiro atoms. The zero-order valence-electron chi connectivity index (χ0n) is 15.4. The molecule has 1 aromatic carbocycles. The van der Waals surface area contributed by atoms with E-state index in [1.54, 1.807) is 0 Å². The lowest BCUT2D eigenvalue weighted by molar-refractivity contribution is -0.116. The number of carbonyl (C=O) groups is 1. The Morgan fingerprint density at radius 2 is 2.04 bits per heavy atom. The zero-order chi connectivity index (χ0) is 19.1. The molecule has 4 aromatic rings. The number of carbonyl (C=O) groups excluding carboxylic acids is 1. The SMILES string of the molecule is CCn1c(C)cc2cc(NC(=O)Cn3cnc4sc(C)cc4c3=O)ccc21. The molecule has 0 aliphatic carbocycles. The highest BCUT2D eigenvalue weighted by Crippen LogP contribution is 2.23. The lowest BCUT2D eigenvalue weighted by atomic mass is 10.2. The molecule has 0 aliphatic heterocycles. The van der Waals surface area contributed by atoms with E-state index < -0.39 is 0 Å². The first-order valence-corrected chi connectivity index (χ1v) is 9.63. The van der Waals surface area contributed by atoms with Crippen molar-refractivity contribution in [2.75, 3.05) is 5.32 Å². The molecule has 0 radical (unpaired) electrons. The van der Waals surface area contributed by atoms with Gasteiger partial charge in [-0.3, -0.25) is 14.2 Å². The van der Waals surface area contributed by atoms with E-state index in [4.69, 9.17) is 0 Å². The second-order valence-electron chi connectivity index (χ2n) is 6.61. The number of anilines is 1. The minimum Gasteiger partial charge on any atom is -0.345 e. The van der Waals surface area contributed by atoms with Gasteiger partial charge in [0.1, 0.15) is 11.4 Å². The first-order valence-electron chi connectivity index (χ1n) is 8.81. The molecule has 4 rings (SSSR count). The van der Waals surface area contributed by atoms with Crippen LogP contribution in [0.3, 0.4) is 0 Å². The van der Waals surface area contributed by atoms with Gasteiger partial charge in [-0.15, -0.1) is 11.3 Å². The van der Waals surface area contributed by atoms with Crippen LogP contribution in [0.5, 0.6) is 0 Å². The van der Waals surface area contributed by atoms with Gasteiger partial charge in [-0.2, -0.15) is 0 Å². The number of benzene rings is 1. The molecule has 0 saturated carbocycles. The summed E-state index contributed by atoms with van der Waals surface area (Å²) in [5.74, 6) is -0.254. The third kappa shape index (κ3) is 3.14. The number of fused-ring (bicyclic) bond motifs is 2. The number of thiophene rings is 1. The van der Waals surface area contributed by atoms with Crippen molar-refractivity contribution in [3.63, 3.8) is 0 Å². The van der Waals surface area contributed by atoms with Crippen molar-refractivity contribution in [1.82, 2.24) is 14.1 Å². The number of hydrogen-bond donors (Lipinski definition) is 1. The molecule has 0 aliphatic rings. The molecule has 0 unspecified atom stereocenters. The third-order valence-corrected chi connectivity index (χ3v) is 5.62. The lowest BCUT2D eigenvalue weighted by Crippen LogP contribution is -2.27. The highest BCUT2D eigenvalue weighted by atomic mass is 32.1. The van der Waals surface area contributed by atoms with Gasteiger partial charge in [-0.25, -0.2) is 4.98 Å². The fraction of sp³-hybridized carbons (Fsp3) is 0.250. The van der Waals surface area contributed by atoms with Crippen LogP contribution in [0.2, 0.25) is 0 Å². The normalized spacial score (nSPS) is 11.4. The monoisotopic (exact) mass is 380 g/mol. The average molecular weight is 380 g/mol. The molecule has 6 nitrogen and oxygen atoms in total. The molecule has 0 fully saturated rings. The molecule has 27 heavy (non-hydrogen) atoms. The molecule has 0 bridgehead atoms. The van der Waals surface area contributed by atoms with Gasteiger partial charge in [0.15, 0.2) is 0 Å². The summed E-state index contributed by atoms with van der Waals surface area (Å²) < 4.78 is 3.57. The van der Waals surface area contributed by atoms with Crippen LogP contribution in [-0.4, -0.2) is 20.0 Å². The van der Waals surface area contributed by atoms with Crippen molar-refractivity contribution in [2.45, 2.75) is 33.9 Å². The fourth-order valence-corrected chi connectivity index (χ4v) is 4.29. The van der Waals surface area contributed by atoms with Crippen LogP contribution in [0.25, 0.3) is 21.1 Å². The maximum absolute atomic E-state index is 12.5. The number of amides is 1. The lowest BCUT2D eigenvalue weighted by Gasteiger charge is -2.08. The number of hydrogen-bond acceptors (Lipinski definition) is 4. The summed E-state index contributed by atoms with van der Waals surface area (Å²) in [6, 6.07) is 9.78. The molecular weight excluding hydrogens is 360 g/mol. The fourth-order valence-electron chi connectivity index (χ4n) is 3.45. The van der Waals surface area contributed by atoms with Gasteiger partial charge in [0.05, 0.1) is 11.7 Å². The molecule has 138 valence electrons. The Hall–Kier alpha value is -2.93. The Morgan fingerprint density at radius 1 is 1.22 bits per heavy atom. The van der Waals surface area contributed by atoms with E-state index >= 15 is 0 Å². The van der Waals surface area contributed by atoms with Crippen LogP contribution in [0.4, 0.5) is 5.69 Å². The van der Waals surface area contributed by atoms with Gasteiger partial charge < -0.3 is 9.88 Å². The van der Waals surface area contributed by atoms with Crippen LogP contribution >= 0.6 is 11.3 Å². The second kappa shape index (κ2) is 6.66. The van der Waals surface area contributed by atoms with Crippen LogP contribution < -0.4 is 10.9 Å². The van der Waals surface area contributed by atoms with E-state index in [2.05, 4.69) is 34.8 Å². The van der Waals surface area contributed by atoms with Gasteiger partial charge in [0, 0.05) is 33.7 Å². The van der Waals surface area contributed by atoms with E-state index in [9.17, 15) is 9.59 Å². The van der Waals surface area contributed by atoms with Crippen LogP contribution in [-0.2, 0) is 17.9 Å². The minimum atomic E-state index is -0.254. The molecule has 7 heteroatoms. The predicted molar refractivity (Wildman–Crippen MR) is 110 cm³/mol. The van der Waals surface area contributed by atoms with Crippen molar-refractivity contribution >= 4 is 44.1 Å². The van der Waals surface area contributed by atoms with Crippen molar-refractivity contribution in [3.8, 4) is 0 Å². The maximum Gasteiger partial charge on any atom is 0.262 e. The quantitative estimate of drug-likeness (QED) is 0.587. The van der Waals surface area contributed by atoms with Crippen molar-refractivity contribution in [2.24, 2.45) is 0 Å². The van der Waals surface area contributed by atoms with Gasteiger partial charge >= 0.3 is 0 Å². The van der Waals surface area contributed by atoms with Gasteiger partial charge in [0.2, 0.25) is 5.91 Å². The van der Waals surface area contributed by atoms with Crippen LogP contribution in [0, 0.1) is 13.8 Å². The molecule has 1 amide bonds. The number of aryl methyl sites for hydroxylation is 3. The molecule has 0 saturated heterocycles. The summed E-state index contributed by atoms with van der Waals surface area (Å²) in [7, 11) is 0. The predicted octanol–water partition coefficient (Wildman–Crippen LogP) is 3.69. The number of rotatable bonds is 4. The maximum atomic E-state index is 12.5. The van der Waals surface area contributed by atoms with Crippen LogP contribution in [0.15, 0.2) is 41.5 Å². The van der Waals surface area contributed by atoms with Crippen molar-refractivity contribution < 1.29 is 4.79 Å².